The Hall–Kier alpha value is -0.820. The van der Waals surface area contributed by atoms with E-state index in [1.54, 1.807) is 0 Å². The Morgan fingerprint density at radius 1 is 1.45 bits per heavy atom. The van der Waals surface area contributed by atoms with Crippen LogP contribution in [-0.4, -0.2) is 56.4 Å². The fraction of sp³-hybridized carbons (Fsp3) is 0.923. The molecular weight excluding hydrogens is 273 g/mol. The van der Waals surface area contributed by atoms with Crippen molar-refractivity contribution in [1.29, 1.82) is 0 Å². The van der Waals surface area contributed by atoms with Crippen molar-refractivity contribution in [3.05, 3.63) is 0 Å². The van der Waals surface area contributed by atoms with Crippen molar-refractivity contribution in [2.24, 2.45) is 5.92 Å². The SMILES string of the molecule is CCOCCCN(CC(F)(F)F)C(=O)[C@H]1CCCNC1. The van der Waals surface area contributed by atoms with Gasteiger partial charge in [0.15, 0.2) is 0 Å². The zero-order valence-corrected chi connectivity index (χ0v) is 11.8. The Kier molecular flexibility index (Phi) is 7.29. The van der Waals surface area contributed by atoms with Crippen LogP contribution in [0.1, 0.15) is 26.2 Å². The smallest absolute Gasteiger partial charge is 0.382 e. The zero-order chi connectivity index (χ0) is 15.0. The highest BCUT2D eigenvalue weighted by Crippen LogP contribution is 2.20. The summed E-state index contributed by atoms with van der Waals surface area (Å²) in [6.45, 7) is 2.95. The highest BCUT2D eigenvalue weighted by atomic mass is 19.4. The first-order chi connectivity index (χ1) is 9.44. The van der Waals surface area contributed by atoms with Crippen LogP contribution in [0.2, 0.25) is 0 Å². The van der Waals surface area contributed by atoms with Gasteiger partial charge in [0.2, 0.25) is 5.91 Å². The molecule has 20 heavy (non-hydrogen) atoms. The largest absolute Gasteiger partial charge is 0.406 e. The maximum atomic E-state index is 12.6. The molecule has 0 aromatic carbocycles. The molecule has 1 N–H and O–H groups in total. The van der Waals surface area contributed by atoms with Crippen molar-refractivity contribution in [3.63, 3.8) is 0 Å². The lowest BCUT2D eigenvalue weighted by Gasteiger charge is -2.30. The molecule has 1 heterocycles. The summed E-state index contributed by atoms with van der Waals surface area (Å²) < 4.78 is 42.8. The van der Waals surface area contributed by atoms with E-state index in [0.29, 0.717) is 32.6 Å². The van der Waals surface area contributed by atoms with Crippen LogP contribution in [0.15, 0.2) is 0 Å². The van der Waals surface area contributed by atoms with Crippen molar-refractivity contribution in [2.45, 2.75) is 32.4 Å². The Morgan fingerprint density at radius 3 is 2.75 bits per heavy atom. The number of hydrogen-bond acceptors (Lipinski definition) is 3. The maximum absolute atomic E-state index is 12.6. The van der Waals surface area contributed by atoms with E-state index in [1.165, 1.54) is 0 Å². The predicted octanol–water partition coefficient (Wildman–Crippen LogP) is 1.80. The summed E-state index contributed by atoms with van der Waals surface area (Å²) in [4.78, 5) is 13.1. The molecule has 0 bridgehead atoms. The van der Waals surface area contributed by atoms with E-state index in [-0.39, 0.29) is 12.5 Å². The minimum absolute atomic E-state index is 0.0921. The third-order valence-electron chi connectivity index (χ3n) is 3.25. The molecule has 0 saturated carbocycles. The van der Waals surface area contributed by atoms with Gasteiger partial charge >= 0.3 is 6.18 Å². The molecule has 118 valence electrons. The number of halogens is 3. The van der Waals surface area contributed by atoms with E-state index in [9.17, 15) is 18.0 Å². The number of carbonyl (C=O) groups is 1. The first kappa shape index (κ1) is 17.2. The minimum atomic E-state index is -4.36. The summed E-state index contributed by atoms with van der Waals surface area (Å²) in [6.07, 6.45) is -2.44. The molecule has 1 amide bonds. The Balaban J connectivity index is 2.52. The van der Waals surface area contributed by atoms with E-state index in [2.05, 4.69) is 5.32 Å². The summed E-state index contributed by atoms with van der Waals surface area (Å²) in [5.41, 5.74) is 0. The van der Waals surface area contributed by atoms with Crippen molar-refractivity contribution < 1.29 is 22.7 Å². The molecule has 0 radical (unpaired) electrons. The van der Waals surface area contributed by atoms with Gasteiger partial charge in [0.05, 0.1) is 5.92 Å². The average molecular weight is 296 g/mol. The first-order valence-corrected chi connectivity index (χ1v) is 7.08. The van der Waals surface area contributed by atoms with Crippen LogP contribution in [0, 0.1) is 5.92 Å². The lowest BCUT2D eigenvalue weighted by atomic mass is 9.98. The van der Waals surface area contributed by atoms with Gasteiger partial charge in [-0.05, 0) is 32.7 Å². The lowest BCUT2D eigenvalue weighted by molar-refractivity contribution is -0.164. The van der Waals surface area contributed by atoms with Gasteiger partial charge in [-0.25, -0.2) is 0 Å². The molecule has 1 saturated heterocycles. The maximum Gasteiger partial charge on any atom is 0.406 e. The lowest BCUT2D eigenvalue weighted by Crippen LogP contribution is -2.46. The second-order valence-corrected chi connectivity index (χ2v) is 4.97. The van der Waals surface area contributed by atoms with Gasteiger partial charge in [0.1, 0.15) is 6.54 Å². The molecular formula is C13H23F3N2O2. The van der Waals surface area contributed by atoms with E-state index in [0.717, 1.165) is 17.9 Å². The molecule has 0 aromatic rings. The number of rotatable bonds is 7. The van der Waals surface area contributed by atoms with Gasteiger partial charge in [-0.15, -0.1) is 0 Å². The van der Waals surface area contributed by atoms with E-state index >= 15 is 0 Å². The number of piperidine rings is 1. The summed E-state index contributed by atoms with van der Waals surface area (Å²) in [7, 11) is 0. The Morgan fingerprint density at radius 2 is 2.20 bits per heavy atom. The second-order valence-electron chi connectivity index (χ2n) is 4.97. The zero-order valence-electron chi connectivity index (χ0n) is 11.8. The number of nitrogens with one attached hydrogen (secondary N) is 1. The Labute approximate surface area is 117 Å². The number of amides is 1. The summed E-state index contributed by atoms with van der Waals surface area (Å²) >= 11 is 0. The first-order valence-electron chi connectivity index (χ1n) is 7.08. The van der Waals surface area contributed by atoms with Crippen molar-refractivity contribution in [1.82, 2.24) is 10.2 Å². The van der Waals surface area contributed by atoms with Crippen LogP contribution >= 0.6 is 0 Å². The van der Waals surface area contributed by atoms with Crippen molar-refractivity contribution in [2.75, 3.05) is 39.4 Å². The summed E-state index contributed by atoms with van der Waals surface area (Å²) in [5.74, 6) is -0.732. The number of carbonyl (C=O) groups excluding carboxylic acids is 1. The molecule has 1 aliphatic heterocycles. The average Bonchev–Trinajstić information content (AvgIpc) is 2.41. The molecule has 1 aliphatic rings. The topological polar surface area (TPSA) is 41.6 Å². The molecule has 1 atom stereocenters. The molecule has 7 heteroatoms. The van der Waals surface area contributed by atoms with E-state index in [4.69, 9.17) is 4.74 Å². The molecule has 0 aromatic heterocycles. The quantitative estimate of drug-likeness (QED) is 0.729. The van der Waals surface area contributed by atoms with Crippen molar-refractivity contribution >= 4 is 5.91 Å². The molecule has 0 aliphatic carbocycles. The molecule has 0 unspecified atom stereocenters. The normalized spacial score (nSPS) is 19.9. The van der Waals surface area contributed by atoms with Crippen molar-refractivity contribution in [3.8, 4) is 0 Å². The Bertz CT molecular complexity index is 292. The molecule has 1 fully saturated rings. The van der Waals surface area contributed by atoms with E-state index in [1.807, 2.05) is 6.92 Å². The summed E-state index contributed by atoms with van der Waals surface area (Å²) in [5, 5.41) is 3.06. The fourth-order valence-corrected chi connectivity index (χ4v) is 2.31. The third kappa shape index (κ3) is 6.56. The minimum Gasteiger partial charge on any atom is -0.382 e. The number of nitrogens with zero attached hydrogens (tertiary/aromatic N) is 1. The van der Waals surface area contributed by atoms with Crippen LogP contribution in [0.25, 0.3) is 0 Å². The van der Waals surface area contributed by atoms with Crippen LogP contribution in [0.4, 0.5) is 13.2 Å². The second kappa shape index (κ2) is 8.46. The van der Waals surface area contributed by atoms with Gasteiger partial charge in [0.25, 0.3) is 0 Å². The van der Waals surface area contributed by atoms with Gasteiger partial charge < -0.3 is 15.0 Å². The highest BCUT2D eigenvalue weighted by molar-refractivity contribution is 5.79. The monoisotopic (exact) mass is 296 g/mol. The number of hydrogen-bond donors (Lipinski definition) is 1. The van der Waals surface area contributed by atoms with Crippen LogP contribution < -0.4 is 5.32 Å². The fourth-order valence-electron chi connectivity index (χ4n) is 2.31. The van der Waals surface area contributed by atoms with Gasteiger partial charge in [-0.2, -0.15) is 13.2 Å². The number of ether oxygens (including phenoxy) is 1. The third-order valence-corrected chi connectivity index (χ3v) is 3.25. The summed E-state index contributed by atoms with van der Waals surface area (Å²) in [6, 6.07) is 0. The number of alkyl halides is 3. The molecule has 0 spiro atoms. The standard InChI is InChI=1S/C13H23F3N2O2/c1-2-20-8-4-7-18(10-13(14,15)16)12(19)11-5-3-6-17-9-11/h11,17H,2-10H2,1H3/t11-/m0/s1. The van der Waals surface area contributed by atoms with Crippen LogP contribution in [0.3, 0.4) is 0 Å². The van der Waals surface area contributed by atoms with Gasteiger partial charge in [-0.1, -0.05) is 0 Å². The van der Waals surface area contributed by atoms with Gasteiger partial charge in [0, 0.05) is 26.3 Å². The van der Waals surface area contributed by atoms with Gasteiger partial charge in [-0.3, -0.25) is 4.79 Å². The highest BCUT2D eigenvalue weighted by Gasteiger charge is 2.35. The van der Waals surface area contributed by atoms with E-state index < -0.39 is 18.6 Å². The van der Waals surface area contributed by atoms with Crippen LogP contribution in [-0.2, 0) is 9.53 Å². The molecule has 4 nitrogen and oxygen atoms in total. The van der Waals surface area contributed by atoms with Crippen LogP contribution in [0.5, 0.6) is 0 Å². The molecule has 1 rings (SSSR count). The predicted molar refractivity (Wildman–Crippen MR) is 69.3 cm³/mol.